The number of Topliss-reactive ketones (excluding diaryl/α,β-unsaturated/α-hetero) is 2. The SMILES string of the molecule is CN(C)[C@@H]1C(=O)C(C(N)=O)=C(O)[C@]2(O)C(=O)C3=C(O)c4c(O)cccc4[C@@](C)(O)[C@H]3C[C@@H]12. The summed E-state index contributed by atoms with van der Waals surface area (Å²) in [6, 6.07) is 3.02. The summed E-state index contributed by atoms with van der Waals surface area (Å²) in [4.78, 5) is 40.0. The molecular formula is C22H24N2O8. The third kappa shape index (κ3) is 2.48. The molecule has 170 valence electrons. The molecule has 0 radical (unpaired) electrons. The highest BCUT2D eigenvalue weighted by Gasteiger charge is 2.66. The van der Waals surface area contributed by atoms with Crippen molar-refractivity contribution in [3.05, 3.63) is 46.2 Å². The van der Waals surface area contributed by atoms with E-state index in [0.717, 1.165) is 0 Å². The highest BCUT2D eigenvalue weighted by atomic mass is 16.3. The molecule has 32 heavy (non-hydrogen) atoms. The zero-order chi connectivity index (χ0) is 23.9. The van der Waals surface area contributed by atoms with E-state index in [9.17, 15) is 39.9 Å². The van der Waals surface area contributed by atoms with Crippen LogP contribution in [-0.2, 0) is 20.0 Å². The Labute approximate surface area is 182 Å². The third-order valence-electron chi connectivity index (χ3n) is 7.02. The first-order valence-corrected chi connectivity index (χ1v) is 9.97. The van der Waals surface area contributed by atoms with Crippen molar-refractivity contribution in [2.45, 2.75) is 30.6 Å². The monoisotopic (exact) mass is 444 g/mol. The van der Waals surface area contributed by atoms with E-state index >= 15 is 0 Å². The van der Waals surface area contributed by atoms with Crippen LogP contribution < -0.4 is 5.73 Å². The minimum absolute atomic E-state index is 0.170. The number of benzene rings is 1. The Bertz CT molecular complexity index is 1150. The number of aliphatic hydroxyl groups excluding tert-OH is 2. The van der Waals surface area contributed by atoms with Crippen LogP contribution in [0.2, 0.25) is 0 Å². The number of carbonyl (C=O) groups excluding carboxylic acids is 3. The topological polar surface area (TPSA) is 182 Å². The van der Waals surface area contributed by atoms with Gasteiger partial charge in [0.2, 0.25) is 5.78 Å². The van der Waals surface area contributed by atoms with E-state index in [-0.39, 0.29) is 17.5 Å². The van der Waals surface area contributed by atoms with Gasteiger partial charge >= 0.3 is 0 Å². The van der Waals surface area contributed by atoms with Crippen LogP contribution in [-0.4, -0.2) is 73.6 Å². The van der Waals surface area contributed by atoms with Gasteiger partial charge in [-0.05, 0) is 39.1 Å². The summed E-state index contributed by atoms with van der Waals surface area (Å²) in [5.74, 6) is -7.90. The van der Waals surface area contributed by atoms with Crippen LogP contribution in [0.1, 0.15) is 24.5 Å². The molecule has 0 spiro atoms. The van der Waals surface area contributed by atoms with Gasteiger partial charge in [0.15, 0.2) is 11.4 Å². The molecule has 0 saturated heterocycles. The van der Waals surface area contributed by atoms with Crippen LogP contribution in [0.4, 0.5) is 0 Å². The van der Waals surface area contributed by atoms with E-state index in [1.807, 2.05) is 0 Å². The molecular weight excluding hydrogens is 420 g/mol. The van der Waals surface area contributed by atoms with Crippen LogP contribution in [0.3, 0.4) is 0 Å². The molecule has 0 unspecified atom stereocenters. The first-order chi connectivity index (χ1) is 14.8. The fourth-order valence-corrected chi connectivity index (χ4v) is 5.50. The Morgan fingerprint density at radius 3 is 2.34 bits per heavy atom. The number of carbonyl (C=O) groups is 3. The minimum Gasteiger partial charge on any atom is -0.508 e. The van der Waals surface area contributed by atoms with Crippen molar-refractivity contribution in [3.63, 3.8) is 0 Å². The van der Waals surface area contributed by atoms with Gasteiger partial charge in [-0.3, -0.25) is 19.3 Å². The summed E-state index contributed by atoms with van der Waals surface area (Å²) < 4.78 is 0. The molecule has 1 saturated carbocycles. The van der Waals surface area contributed by atoms with Crippen molar-refractivity contribution < 1.29 is 39.9 Å². The van der Waals surface area contributed by atoms with E-state index in [1.165, 1.54) is 44.1 Å². The van der Waals surface area contributed by atoms with E-state index in [0.29, 0.717) is 0 Å². The molecule has 1 amide bonds. The van der Waals surface area contributed by atoms with Crippen LogP contribution >= 0.6 is 0 Å². The van der Waals surface area contributed by atoms with Gasteiger partial charge in [-0.15, -0.1) is 0 Å². The molecule has 10 heteroatoms. The second kappa shape index (κ2) is 6.64. The van der Waals surface area contributed by atoms with E-state index in [1.54, 1.807) is 0 Å². The molecule has 0 aromatic heterocycles. The first kappa shape index (κ1) is 22.0. The second-order valence-electron chi connectivity index (χ2n) is 8.96. The summed E-state index contributed by atoms with van der Waals surface area (Å²) in [5, 5.41) is 54.9. The van der Waals surface area contributed by atoms with Gasteiger partial charge in [-0.25, -0.2) is 0 Å². The highest BCUT2D eigenvalue weighted by Crippen LogP contribution is 2.57. The zero-order valence-corrected chi connectivity index (χ0v) is 17.7. The van der Waals surface area contributed by atoms with Gasteiger partial charge < -0.3 is 31.3 Å². The fourth-order valence-electron chi connectivity index (χ4n) is 5.50. The number of aliphatic hydroxyl groups is 4. The zero-order valence-electron chi connectivity index (χ0n) is 17.7. The summed E-state index contributed by atoms with van der Waals surface area (Å²) in [6.45, 7) is 1.40. The Hall–Kier alpha value is -3.21. The first-order valence-electron chi connectivity index (χ1n) is 9.97. The number of fused-ring (bicyclic) bond motifs is 3. The Kier molecular flexibility index (Phi) is 4.57. The maximum Gasteiger partial charge on any atom is 0.255 e. The summed E-state index contributed by atoms with van der Waals surface area (Å²) in [7, 11) is 3.01. The Morgan fingerprint density at radius 1 is 1.16 bits per heavy atom. The number of primary amides is 1. The predicted molar refractivity (Wildman–Crippen MR) is 110 cm³/mol. The summed E-state index contributed by atoms with van der Waals surface area (Å²) in [6.07, 6.45) is -0.200. The molecule has 0 heterocycles. The van der Waals surface area contributed by atoms with E-state index in [4.69, 9.17) is 5.73 Å². The number of ketones is 2. The molecule has 10 nitrogen and oxygen atoms in total. The molecule has 5 atom stereocenters. The number of aromatic hydroxyl groups is 1. The van der Waals surface area contributed by atoms with Gasteiger partial charge in [-0.2, -0.15) is 0 Å². The number of rotatable bonds is 2. The van der Waals surface area contributed by atoms with Gasteiger partial charge in [0.05, 0.1) is 17.2 Å². The second-order valence-corrected chi connectivity index (χ2v) is 8.96. The van der Waals surface area contributed by atoms with Crippen LogP contribution in [0.25, 0.3) is 5.76 Å². The average molecular weight is 444 g/mol. The summed E-state index contributed by atoms with van der Waals surface area (Å²) >= 11 is 0. The average Bonchev–Trinajstić information content (AvgIpc) is 2.68. The molecule has 3 aliphatic rings. The maximum absolute atomic E-state index is 13.7. The van der Waals surface area contributed by atoms with E-state index in [2.05, 4.69) is 0 Å². The summed E-state index contributed by atoms with van der Waals surface area (Å²) in [5.41, 5.74) is -0.548. The maximum atomic E-state index is 13.7. The Morgan fingerprint density at radius 2 is 1.78 bits per heavy atom. The number of nitrogens with zero attached hydrogens (tertiary/aromatic N) is 1. The Balaban J connectivity index is 2.05. The molecule has 3 aliphatic carbocycles. The number of phenolic OH excluding ortho intramolecular Hbond substituents is 1. The van der Waals surface area contributed by atoms with Crippen LogP contribution in [0.15, 0.2) is 35.1 Å². The van der Waals surface area contributed by atoms with Crippen molar-refractivity contribution in [3.8, 4) is 5.75 Å². The number of hydrogen-bond donors (Lipinski definition) is 6. The van der Waals surface area contributed by atoms with Crippen molar-refractivity contribution in [2.24, 2.45) is 17.6 Å². The smallest absolute Gasteiger partial charge is 0.255 e. The molecule has 4 rings (SSSR count). The van der Waals surface area contributed by atoms with Gasteiger partial charge in [0.25, 0.3) is 5.91 Å². The standard InChI is InChI=1S/C22H24N2O8/c1-21(31)8-5-4-6-11(25)12(8)16(26)13-9(21)7-10-15(24(2)3)17(27)14(20(23)30)19(29)22(10,32)18(13)28/h4-6,9-10,15,25-26,29,31-32H,7H2,1-3H3,(H2,23,30)/t9-,10-,15-,21+,22+/m0/s1. The third-order valence-corrected chi connectivity index (χ3v) is 7.02. The normalized spacial score (nSPS) is 34.4. The molecule has 0 aliphatic heterocycles. The number of amides is 1. The van der Waals surface area contributed by atoms with Gasteiger partial charge in [0.1, 0.15) is 22.8 Å². The van der Waals surface area contributed by atoms with Crippen LogP contribution in [0, 0.1) is 11.8 Å². The number of hydrogen-bond acceptors (Lipinski definition) is 9. The minimum atomic E-state index is -2.75. The lowest BCUT2D eigenvalue weighted by molar-refractivity contribution is -0.159. The lowest BCUT2D eigenvalue weighted by Crippen LogP contribution is -2.67. The number of phenols is 1. The largest absolute Gasteiger partial charge is 0.508 e. The van der Waals surface area contributed by atoms with E-state index < -0.39 is 75.0 Å². The lowest BCUT2D eigenvalue weighted by atomic mass is 9.54. The lowest BCUT2D eigenvalue weighted by Gasteiger charge is -2.53. The number of nitrogens with two attached hydrogens (primary N) is 1. The molecule has 1 aromatic rings. The van der Waals surface area contributed by atoms with Crippen molar-refractivity contribution >= 4 is 23.2 Å². The van der Waals surface area contributed by atoms with Crippen molar-refractivity contribution in [2.75, 3.05) is 14.1 Å². The quantitative estimate of drug-likeness (QED) is 0.332. The molecule has 1 aromatic carbocycles. The predicted octanol–water partition coefficient (Wildman–Crippen LogP) is -0.371. The van der Waals surface area contributed by atoms with Crippen LogP contribution in [0.5, 0.6) is 5.75 Å². The van der Waals surface area contributed by atoms with Crippen molar-refractivity contribution in [1.29, 1.82) is 0 Å². The molecule has 1 fully saturated rings. The number of likely N-dealkylation sites (N-methyl/N-ethyl adjacent to an activating group) is 1. The van der Waals surface area contributed by atoms with Gasteiger partial charge in [0, 0.05) is 17.4 Å². The highest BCUT2D eigenvalue weighted by molar-refractivity contribution is 6.24. The molecule has 0 bridgehead atoms. The van der Waals surface area contributed by atoms with Crippen molar-refractivity contribution in [1.82, 2.24) is 4.90 Å². The molecule has 7 N–H and O–H groups in total. The van der Waals surface area contributed by atoms with Gasteiger partial charge in [-0.1, -0.05) is 12.1 Å². The fraction of sp³-hybridized carbons (Fsp3) is 0.409.